The summed E-state index contributed by atoms with van der Waals surface area (Å²) in [4.78, 5) is 27.0. The SMILES string of the molecule is CCNCC.CCn1c(C(F)(F)F)nc2c1c(=O)n(C)c(=O)n2C. The molecular weight excluding hydrogens is 327 g/mol. The molecule has 0 radical (unpaired) electrons. The molecule has 0 amide bonds. The number of aromatic nitrogens is 4. The van der Waals surface area contributed by atoms with E-state index in [4.69, 9.17) is 0 Å². The fourth-order valence-electron chi connectivity index (χ4n) is 2.22. The quantitative estimate of drug-likeness (QED) is 0.900. The van der Waals surface area contributed by atoms with Crippen molar-refractivity contribution < 1.29 is 13.2 Å². The van der Waals surface area contributed by atoms with Gasteiger partial charge >= 0.3 is 11.9 Å². The molecule has 0 bridgehead atoms. The Balaban J connectivity index is 0.000000505. The summed E-state index contributed by atoms with van der Waals surface area (Å²) in [5, 5.41) is 3.11. The van der Waals surface area contributed by atoms with Crippen molar-refractivity contribution in [3.63, 3.8) is 0 Å². The van der Waals surface area contributed by atoms with Gasteiger partial charge in [-0.05, 0) is 20.0 Å². The Hall–Kier alpha value is -2.10. The third-order valence-electron chi connectivity index (χ3n) is 3.42. The Kier molecular flexibility index (Phi) is 6.35. The number of nitrogens with zero attached hydrogens (tertiary/aromatic N) is 4. The molecule has 136 valence electrons. The van der Waals surface area contributed by atoms with Crippen LogP contribution in [0.5, 0.6) is 0 Å². The van der Waals surface area contributed by atoms with E-state index in [1.165, 1.54) is 21.0 Å². The van der Waals surface area contributed by atoms with Gasteiger partial charge in [0, 0.05) is 20.6 Å². The zero-order chi connectivity index (χ0) is 18.7. The van der Waals surface area contributed by atoms with E-state index >= 15 is 0 Å². The van der Waals surface area contributed by atoms with Gasteiger partial charge < -0.3 is 9.88 Å². The molecule has 0 spiro atoms. The Labute approximate surface area is 136 Å². The van der Waals surface area contributed by atoms with Crippen LogP contribution in [0.4, 0.5) is 13.2 Å². The lowest BCUT2D eigenvalue weighted by atomic mass is 10.5. The molecule has 0 aliphatic rings. The number of alkyl halides is 3. The number of nitrogens with one attached hydrogen (secondary N) is 1. The van der Waals surface area contributed by atoms with Crippen molar-refractivity contribution in [3.8, 4) is 0 Å². The van der Waals surface area contributed by atoms with Crippen LogP contribution in [-0.2, 0) is 26.8 Å². The molecule has 1 N–H and O–H groups in total. The van der Waals surface area contributed by atoms with Crippen LogP contribution in [-0.4, -0.2) is 31.8 Å². The molecule has 0 atom stereocenters. The molecule has 0 aliphatic heterocycles. The summed E-state index contributed by atoms with van der Waals surface area (Å²) >= 11 is 0. The lowest BCUT2D eigenvalue weighted by Gasteiger charge is -2.08. The topological polar surface area (TPSA) is 73.8 Å². The van der Waals surface area contributed by atoms with E-state index in [1.807, 2.05) is 0 Å². The summed E-state index contributed by atoms with van der Waals surface area (Å²) < 4.78 is 41.0. The van der Waals surface area contributed by atoms with Gasteiger partial charge in [-0.2, -0.15) is 13.2 Å². The molecule has 0 saturated carbocycles. The maximum atomic E-state index is 12.9. The second-order valence-corrected chi connectivity index (χ2v) is 5.01. The largest absolute Gasteiger partial charge is 0.449 e. The fraction of sp³-hybridized carbons (Fsp3) is 0.643. The monoisotopic (exact) mass is 349 g/mol. The zero-order valence-electron chi connectivity index (χ0n) is 14.4. The molecule has 24 heavy (non-hydrogen) atoms. The summed E-state index contributed by atoms with van der Waals surface area (Å²) in [5.41, 5.74) is -1.99. The molecular formula is C14H22F3N5O2. The van der Waals surface area contributed by atoms with Crippen molar-refractivity contribution in [1.82, 2.24) is 24.0 Å². The predicted molar refractivity (Wildman–Crippen MR) is 85.1 cm³/mol. The maximum Gasteiger partial charge on any atom is 0.449 e. The molecule has 2 rings (SSSR count). The van der Waals surface area contributed by atoms with E-state index in [9.17, 15) is 22.8 Å². The Morgan fingerprint density at radius 2 is 1.58 bits per heavy atom. The van der Waals surface area contributed by atoms with Crippen molar-refractivity contribution in [1.29, 1.82) is 0 Å². The second kappa shape index (κ2) is 7.65. The third-order valence-corrected chi connectivity index (χ3v) is 3.42. The highest BCUT2D eigenvalue weighted by Gasteiger charge is 2.38. The number of rotatable bonds is 3. The smallest absolute Gasteiger partial charge is 0.317 e. The molecule has 0 unspecified atom stereocenters. The van der Waals surface area contributed by atoms with Gasteiger partial charge in [0.1, 0.15) is 0 Å². The highest BCUT2D eigenvalue weighted by atomic mass is 19.4. The van der Waals surface area contributed by atoms with Crippen molar-refractivity contribution in [2.24, 2.45) is 14.1 Å². The summed E-state index contributed by atoms with van der Waals surface area (Å²) in [6.07, 6.45) is -4.68. The molecule has 2 aromatic rings. The molecule has 2 aromatic heterocycles. The van der Waals surface area contributed by atoms with Gasteiger partial charge in [0.2, 0.25) is 5.82 Å². The van der Waals surface area contributed by atoms with Crippen molar-refractivity contribution in [3.05, 3.63) is 26.7 Å². The zero-order valence-corrected chi connectivity index (χ0v) is 14.4. The average molecular weight is 349 g/mol. The number of aryl methyl sites for hydroxylation is 2. The van der Waals surface area contributed by atoms with Gasteiger partial charge in [-0.3, -0.25) is 13.9 Å². The highest BCUT2D eigenvalue weighted by Crippen LogP contribution is 2.30. The maximum absolute atomic E-state index is 12.9. The predicted octanol–water partition coefficient (Wildman–Crippen LogP) is 1.09. The third kappa shape index (κ3) is 3.69. The summed E-state index contributed by atoms with van der Waals surface area (Å²) in [7, 11) is 2.49. The summed E-state index contributed by atoms with van der Waals surface area (Å²) in [6, 6.07) is 0. The second-order valence-electron chi connectivity index (χ2n) is 5.01. The first-order chi connectivity index (χ1) is 11.1. The first-order valence-electron chi connectivity index (χ1n) is 7.55. The molecule has 0 aliphatic carbocycles. The number of hydrogen-bond donors (Lipinski definition) is 1. The molecule has 0 aromatic carbocycles. The molecule has 7 nitrogen and oxygen atoms in total. The standard InChI is InChI=1S/C10H11F3N4O2.C4H11N/c1-4-17-5-6(14-8(17)10(11,12)13)15(2)9(19)16(3)7(5)18;1-3-5-4-2/h4H2,1-3H3;5H,3-4H2,1-2H3. The minimum absolute atomic E-state index is 0.0706. The van der Waals surface area contributed by atoms with Gasteiger partial charge in [-0.25, -0.2) is 9.78 Å². The number of halogens is 3. The molecule has 0 fully saturated rings. The fourth-order valence-corrected chi connectivity index (χ4v) is 2.22. The summed E-state index contributed by atoms with van der Waals surface area (Å²) in [5.74, 6) is -1.18. The van der Waals surface area contributed by atoms with Crippen LogP contribution < -0.4 is 16.6 Å². The lowest BCUT2D eigenvalue weighted by Crippen LogP contribution is -2.37. The van der Waals surface area contributed by atoms with E-state index in [0.717, 1.165) is 26.8 Å². The molecule has 10 heteroatoms. The van der Waals surface area contributed by atoms with E-state index < -0.39 is 23.2 Å². The normalized spacial score (nSPS) is 11.5. The number of imidazole rings is 1. The van der Waals surface area contributed by atoms with E-state index in [0.29, 0.717) is 0 Å². The highest BCUT2D eigenvalue weighted by molar-refractivity contribution is 5.71. The van der Waals surface area contributed by atoms with E-state index in [-0.39, 0.29) is 17.7 Å². The van der Waals surface area contributed by atoms with Crippen LogP contribution in [0.1, 0.15) is 26.6 Å². The lowest BCUT2D eigenvalue weighted by molar-refractivity contribution is -0.146. The molecule has 2 heterocycles. The van der Waals surface area contributed by atoms with Crippen LogP contribution >= 0.6 is 0 Å². The van der Waals surface area contributed by atoms with Gasteiger partial charge in [-0.1, -0.05) is 13.8 Å². The minimum atomic E-state index is -4.68. The average Bonchev–Trinajstić information content (AvgIpc) is 2.92. The van der Waals surface area contributed by atoms with E-state index in [2.05, 4.69) is 24.1 Å². The first-order valence-corrected chi connectivity index (χ1v) is 7.55. The van der Waals surface area contributed by atoms with Gasteiger partial charge in [0.15, 0.2) is 11.2 Å². The van der Waals surface area contributed by atoms with Crippen molar-refractivity contribution in [2.75, 3.05) is 13.1 Å². The van der Waals surface area contributed by atoms with Crippen LogP contribution in [0.25, 0.3) is 11.2 Å². The van der Waals surface area contributed by atoms with Crippen molar-refractivity contribution in [2.45, 2.75) is 33.5 Å². The first kappa shape index (κ1) is 19.9. The number of fused-ring (bicyclic) bond motifs is 1. The summed E-state index contributed by atoms with van der Waals surface area (Å²) in [6.45, 7) is 7.79. The van der Waals surface area contributed by atoms with Crippen LogP contribution in [0.2, 0.25) is 0 Å². The van der Waals surface area contributed by atoms with Gasteiger partial charge in [-0.15, -0.1) is 0 Å². The van der Waals surface area contributed by atoms with Crippen LogP contribution in [0, 0.1) is 0 Å². The van der Waals surface area contributed by atoms with Gasteiger partial charge in [0.05, 0.1) is 0 Å². The Morgan fingerprint density at radius 3 is 1.96 bits per heavy atom. The number of hydrogen-bond acceptors (Lipinski definition) is 4. The van der Waals surface area contributed by atoms with Crippen molar-refractivity contribution >= 4 is 11.2 Å². The van der Waals surface area contributed by atoms with Crippen LogP contribution in [0.3, 0.4) is 0 Å². The Bertz CT molecular complexity index is 815. The van der Waals surface area contributed by atoms with Gasteiger partial charge in [0.25, 0.3) is 5.56 Å². The minimum Gasteiger partial charge on any atom is -0.317 e. The van der Waals surface area contributed by atoms with Crippen LogP contribution in [0.15, 0.2) is 9.59 Å². The molecule has 0 saturated heterocycles. The van der Waals surface area contributed by atoms with E-state index in [1.54, 1.807) is 0 Å². The Morgan fingerprint density at radius 1 is 1.04 bits per heavy atom.